The maximum Gasteiger partial charge on any atom is 0.267 e. The molecule has 0 aromatic carbocycles. The van der Waals surface area contributed by atoms with Crippen LogP contribution in [0, 0.1) is 0 Å². The van der Waals surface area contributed by atoms with E-state index in [4.69, 9.17) is 9.15 Å². The SMILES string of the molecule is O=c1ccc(-c2ccncc2)nn1C1COCC1Nc1nncc2ccoc12. The van der Waals surface area contributed by atoms with Crippen molar-refractivity contribution in [2.45, 2.75) is 12.1 Å². The highest BCUT2D eigenvalue weighted by atomic mass is 16.5. The smallest absolute Gasteiger partial charge is 0.267 e. The van der Waals surface area contributed by atoms with Gasteiger partial charge in [0.1, 0.15) is 6.04 Å². The van der Waals surface area contributed by atoms with Gasteiger partial charge < -0.3 is 14.5 Å². The quantitative estimate of drug-likeness (QED) is 0.575. The molecule has 0 radical (unpaired) electrons. The van der Waals surface area contributed by atoms with E-state index in [-0.39, 0.29) is 17.6 Å². The van der Waals surface area contributed by atoms with E-state index in [2.05, 4.69) is 25.6 Å². The van der Waals surface area contributed by atoms with Crippen LogP contribution in [-0.2, 0) is 4.74 Å². The van der Waals surface area contributed by atoms with Gasteiger partial charge in [-0.15, -0.1) is 5.10 Å². The third-order valence-electron chi connectivity index (χ3n) is 4.75. The Kier molecular flexibility index (Phi) is 4.06. The molecule has 0 saturated carbocycles. The van der Waals surface area contributed by atoms with Crippen molar-refractivity contribution >= 4 is 16.8 Å². The molecule has 0 aliphatic carbocycles. The van der Waals surface area contributed by atoms with Gasteiger partial charge in [-0.3, -0.25) is 9.78 Å². The number of pyridine rings is 1. The minimum Gasteiger partial charge on any atom is -0.460 e. The molecule has 1 aliphatic rings. The van der Waals surface area contributed by atoms with Crippen LogP contribution in [0.15, 0.2) is 64.4 Å². The largest absolute Gasteiger partial charge is 0.460 e. The monoisotopic (exact) mass is 376 g/mol. The fourth-order valence-corrected chi connectivity index (χ4v) is 3.34. The first-order valence-corrected chi connectivity index (χ1v) is 8.83. The number of aromatic nitrogens is 5. The molecular weight excluding hydrogens is 360 g/mol. The average molecular weight is 376 g/mol. The molecule has 1 saturated heterocycles. The van der Waals surface area contributed by atoms with Crippen molar-refractivity contribution in [3.63, 3.8) is 0 Å². The second kappa shape index (κ2) is 6.86. The van der Waals surface area contributed by atoms with Crippen molar-refractivity contribution in [2.75, 3.05) is 18.5 Å². The molecule has 140 valence electrons. The Hall–Kier alpha value is -3.59. The number of ether oxygens (including phenoxy) is 1. The molecule has 4 aromatic rings. The lowest BCUT2D eigenvalue weighted by Crippen LogP contribution is -2.37. The molecule has 9 heteroatoms. The van der Waals surface area contributed by atoms with E-state index in [0.717, 1.165) is 10.9 Å². The van der Waals surface area contributed by atoms with Crippen molar-refractivity contribution in [1.82, 2.24) is 25.0 Å². The Balaban J connectivity index is 1.49. The maximum atomic E-state index is 12.5. The molecule has 0 spiro atoms. The van der Waals surface area contributed by atoms with Gasteiger partial charge in [0.25, 0.3) is 5.56 Å². The van der Waals surface area contributed by atoms with Crippen LogP contribution in [0.1, 0.15) is 6.04 Å². The van der Waals surface area contributed by atoms with Gasteiger partial charge in [-0.25, -0.2) is 4.68 Å². The van der Waals surface area contributed by atoms with Gasteiger partial charge in [0.2, 0.25) is 0 Å². The normalized spacial score (nSPS) is 19.1. The number of fused-ring (bicyclic) bond motifs is 1. The Morgan fingerprint density at radius 1 is 1.11 bits per heavy atom. The van der Waals surface area contributed by atoms with E-state index in [1.807, 2.05) is 18.2 Å². The number of hydrogen-bond acceptors (Lipinski definition) is 8. The van der Waals surface area contributed by atoms with Crippen molar-refractivity contribution in [3.05, 3.63) is 65.5 Å². The lowest BCUT2D eigenvalue weighted by atomic mass is 10.1. The van der Waals surface area contributed by atoms with E-state index in [9.17, 15) is 4.79 Å². The van der Waals surface area contributed by atoms with E-state index in [1.165, 1.54) is 10.7 Å². The van der Waals surface area contributed by atoms with Gasteiger partial charge in [0.15, 0.2) is 11.4 Å². The van der Waals surface area contributed by atoms with Gasteiger partial charge in [-0.1, -0.05) is 0 Å². The lowest BCUT2D eigenvalue weighted by molar-refractivity contribution is 0.183. The minimum absolute atomic E-state index is 0.192. The summed E-state index contributed by atoms with van der Waals surface area (Å²) in [6.45, 7) is 0.781. The molecule has 0 bridgehead atoms. The second-order valence-corrected chi connectivity index (χ2v) is 6.49. The summed E-state index contributed by atoms with van der Waals surface area (Å²) in [6.07, 6.45) is 6.61. The molecule has 2 unspecified atom stereocenters. The first kappa shape index (κ1) is 16.6. The van der Waals surface area contributed by atoms with Gasteiger partial charge in [-0.05, 0) is 24.3 Å². The van der Waals surface area contributed by atoms with E-state index in [1.54, 1.807) is 30.9 Å². The Labute approximate surface area is 159 Å². The Morgan fingerprint density at radius 2 is 2.00 bits per heavy atom. The fourth-order valence-electron chi connectivity index (χ4n) is 3.34. The number of furan rings is 1. The summed E-state index contributed by atoms with van der Waals surface area (Å²) in [7, 11) is 0. The number of rotatable bonds is 4. The zero-order chi connectivity index (χ0) is 18.9. The Morgan fingerprint density at radius 3 is 2.89 bits per heavy atom. The molecule has 2 atom stereocenters. The molecule has 1 N–H and O–H groups in total. The molecule has 4 aromatic heterocycles. The highest BCUT2D eigenvalue weighted by molar-refractivity contribution is 5.85. The third kappa shape index (κ3) is 2.91. The van der Waals surface area contributed by atoms with Crippen LogP contribution < -0.4 is 10.9 Å². The predicted molar refractivity (Wildman–Crippen MR) is 101 cm³/mol. The molecule has 1 fully saturated rings. The van der Waals surface area contributed by atoms with Crippen LogP contribution in [0.2, 0.25) is 0 Å². The minimum atomic E-state index is -0.290. The number of anilines is 1. The molecule has 0 amide bonds. The topological polar surface area (TPSA) is 108 Å². The summed E-state index contributed by atoms with van der Waals surface area (Å²) >= 11 is 0. The van der Waals surface area contributed by atoms with Crippen LogP contribution >= 0.6 is 0 Å². The molecular formula is C19H16N6O3. The summed E-state index contributed by atoms with van der Waals surface area (Å²) in [4.78, 5) is 16.5. The molecule has 9 nitrogen and oxygen atoms in total. The zero-order valence-corrected chi connectivity index (χ0v) is 14.7. The Bertz CT molecular complexity index is 1170. The summed E-state index contributed by atoms with van der Waals surface area (Å²) in [5, 5.41) is 16.8. The highest BCUT2D eigenvalue weighted by Gasteiger charge is 2.32. The lowest BCUT2D eigenvalue weighted by Gasteiger charge is -2.21. The van der Waals surface area contributed by atoms with Crippen LogP contribution in [0.5, 0.6) is 0 Å². The van der Waals surface area contributed by atoms with Crippen LogP contribution in [0.3, 0.4) is 0 Å². The number of hydrogen-bond donors (Lipinski definition) is 1. The van der Waals surface area contributed by atoms with Gasteiger partial charge in [0, 0.05) is 29.4 Å². The summed E-state index contributed by atoms with van der Waals surface area (Å²) in [5.74, 6) is 0.515. The third-order valence-corrected chi connectivity index (χ3v) is 4.75. The summed E-state index contributed by atoms with van der Waals surface area (Å²) in [5.41, 5.74) is 2.01. The number of nitrogens with one attached hydrogen (secondary N) is 1. The van der Waals surface area contributed by atoms with E-state index >= 15 is 0 Å². The average Bonchev–Trinajstić information content (AvgIpc) is 3.39. The molecule has 1 aliphatic heterocycles. The van der Waals surface area contributed by atoms with Crippen molar-refractivity contribution in [2.24, 2.45) is 0 Å². The van der Waals surface area contributed by atoms with E-state index < -0.39 is 0 Å². The molecule has 5 heterocycles. The fraction of sp³-hybridized carbons (Fsp3) is 0.211. The van der Waals surface area contributed by atoms with Crippen molar-refractivity contribution in [3.8, 4) is 11.3 Å². The first-order chi connectivity index (χ1) is 13.8. The van der Waals surface area contributed by atoms with Crippen LogP contribution in [-0.4, -0.2) is 44.2 Å². The maximum absolute atomic E-state index is 12.5. The predicted octanol–water partition coefficient (Wildman–Crippen LogP) is 1.89. The van der Waals surface area contributed by atoms with Crippen molar-refractivity contribution < 1.29 is 9.15 Å². The van der Waals surface area contributed by atoms with Crippen LogP contribution in [0.25, 0.3) is 22.2 Å². The second-order valence-electron chi connectivity index (χ2n) is 6.49. The zero-order valence-electron chi connectivity index (χ0n) is 14.7. The first-order valence-electron chi connectivity index (χ1n) is 8.83. The number of nitrogens with zero attached hydrogens (tertiary/aromatic N) is 5. The standard InChI is InChI=1S/C19H16N6O3/c26-17-2-1-14(12-3-6-20-7-4-12)24-25(17)16-11-27-10-15(16)22-19-18-13(5-8-28-18)9-21-23-19/h1-9,15-16H,10-11H2,(H,22,23). The summed E-state index contributed by atoms with van der Waals surface area (Å²) in [6, 6.07) is 8.26. The molecule has 28 heavy (non-hydrogen) atoms. The van der Waals surface area contributed by atoms with Gasteiger partial charge >= 0.3 is 0 Å². The summed E-state index contributed by atoms with van der Waals surface area (Å²) < 4.78 is 12.6. The molecule has 5 rings (SSSR count). The van der Waals surface area contributed by atoms with Gasteiger partial charge in [0.05, 0.1) is 37.4 Å². The van der Waals surface area contributed by atoms with Crippen molar-refractivity contribution in [1.29, 1.82) is 0 Å². The van der Waals surface area contributed by atoms with Crippen LogP contribution in [0.4, 0.5) is 5.82 Å². The van der Waals surface area contributed by atoms with E-state index in [0.29, 0.717) is 30.3 Å². The highest BCUT2D eigenvalue weighted by Crippen LogP contribution is 2.26. The van der Waals surface area contributed by atoms with Gasteiger partial charge in [-0.2, -0.15) is 10.2 Å².